The number of nitrogens with zero attached hydrogens (tertiary/aromatic N) is 5. The van der Waals surface area contributed by atoms with E-state index in [1.165, 1.54) is 12.2 Å². The van der Waals surface area contributed by atoms with Gasteiger partial charge in [0.2, 0.25) is 0 Å². The SMILES string of the molecule is [C-]#[N+]/C(C#N)=C\C=C\c1ccc(-c2ccc3c4ccc(-c5ccc(/C=C/C=C(\C#N)[N+]#[C-])o5)cc4n(CCC)c3c2)o1. The van der Waals surface area contributed by atoms with Crippen molar-refractivity contribution < 1.29 is 8.83 Å². The summed E-state index contributed by atoms with van der Waals surface area (Å²) >= 11 is 0. The molecule has 0 amide bonds. The van der Waals surface area contributed by atoms with Crippen LogP contribution < -0.4 is 0 Å². The van der Waals surface area contributed by atoms with Crippen molar-refractivity contribution in [3.8, 4) is 34.8 Å². The molecule has 3 aromatic heterocycles. The fourth-order valence-electron chi connectivity index (χ4n) is 4.73. The monoisotopic (exact) mass is 545 g/mol. The van der Waals surface area contributed by atoms with Gasteiger partial charge >= 0.3 is 0 Å². The van der Waals surface area contributed by atoms with E-state index < -0.39 is 0 Å². The van der Waals surface area contributed by atoms with Gasteiger partial charge in [-0.2, -0.15) is 0 Å². The molecule has 7 heteroatoms. The van der Waals surface area contributed by atoms with Crippen molar-refractivity contribution in [3.63, 3.8) is 0 Å². The van der Waals surface area contributed by atoms with E-state index in [1.807, 2.05) is 36.4 Å². The number of furan rings is 2. The third kappa shape index (κ3) is 5.54. The Morgan fingerprint density at radius 3 is 1.64 bits per heavy atom. The fourth-order valence-corrected chi connectivity index (χ4v) is 4.73. The minimum absolute atomic E-state index is 0.0141. The third-order valence-electron chi connectivity index (χ3n) is 6.64. The molecule has 42 heavy (non-hydrogen) atoms. The second-order valence-corrected chi connectivity index (χ2v) is 9.29. The molecule has 0 saturated carbocycles. The first kappa shape index (κ1) is 27.3. The molecule has 0 spiro atoms. The van der Waals surface area contributed by atoms with Crippen LogP contribution in [0.15, 0.2) is 105 Å². The second-order valence-electron chi connectivity index (χ2n) is 9.29. The van der Waals surface area contributed by atoms with Crippen LogP contribution in [0.3, 0.4) is 0 Å². The van der Waals surface area contributed by atoms with Crippen LogP contribution in [0.5, 0.6) is 0 Å². The number of nitriles is 2. The van der Waals surface area contributed by atoms with Gasteiger partial charge in [-0.05, 0) is 67.1 Å². The van der Waals surface area contributed by atoms with E-state index in [-0.39, 0.29) is 11.4 Å². The molecule has 0 unspecified atom stereocenters. The number of benzene rings is 2. The van der Waals surface area contributed by atoms with Gasteiger partial charge in [-0.3, -0.25) is 0 Å². The average Bonchev–Trinajstić information content (AvgIpc) is 3.76. The Hall–Kier alpha value is -6.28. The summed E-state index contributed by atoms with van der Waals surface area (Å²) in [6.07, 6.45) is 10.6. The maximum Gasteiger partial charge on any atom is 0.261 e. The van der Waals surface area contributed by atoms with Crippen molar-refractivity contribution in [1.29, 1.82) is 10.5 Å². The summed E-state index contributed by atoms with van der Waals surface area (Å²) in [6.45, 7) is 16.9. The summed E-state index contributed by atoms with van der Waals surface area (Å²) in [7, 11) is 0. The fraction of sp³-hybridized carbons (Fsp3) is 0.0857. The molecule has 0 atom stereocenters. The molecule has 2 aromatic carbocycles. The normalized spacial score (nSPS) is 12.1. The van der Waals surface area contributed by atoms with E-state index in [4.69, 9.17) is 32.5 Å². The molecule has 0 bridgehead atoms. The van der Waals surface area contributed by atoms with Crippen LogP contribution in [0.4, 0.5) is 0 Å². The highest BCUT2D eigenvalue weighted by Crippen LogP contribution is 2.36. The van der Waals surface area contributed by atoms with Crippen LogP contribution in [-0.2, 0) is 6.54 Å². The molecule has 0 aliphatic heterocycles. The summed E-state index contributed by atoms with van der Waals surface area (Å²) < 4.78 is 14.4. The molecule has 0 aliphatic rings. The van der Waals surface area contributed by atoms with Crippen molar-refractivity contribution in [2.75, 3.05) is 0 Å². The van der Waals surface area contributed by atoms with Gasteiger partial charge in [-0.15, -0.1) is 0 Å². The van der Waals surface area contributed by atoms with Gasteiger partial charge in [0.05, 0.1) is 25.3 Å². The quantitative estimate of drug-likeness (QED) is 0.110. The summed E-state index contributed by atoms with van der Waals surface area (Å²) in [5, 5.41) is 20.1. The summed E-state index contributed by atoms with van der Waals surface area (Å²) in [5.74, 6) is 2.71. The van der Waals surface area contributed by atoms with Gasteiger partial charge < -0.3 is 13.4 Å². The van der Waals surface area contributed by atoms with Crippen LogP contribution in [0.1, 0.15) is 24.9 Å². The zero-order valence-electron chi connectivity index (χ0n) is 22.7. The molecule has 5 aromatic rings. The van der Waals surface area contributed by atoms with Gasteiger partial charge in [0, 0.05) is 39.5 Å². The Kier molecular flexibility index (Phi) is 7.97. The summed E-state index contributed by atoms with van der Waals surface area (Å²) in [4.78, 5) is 6.29. The Bertz CT molecular complexity index is 1920. The topological polar surface area (TPSA) is 87.5 Å². The molecule has 200 valence electrons. The van der Waals surface area contributed by atoms with Gasteiger partial charge in [0.1, 0.15) is 23.0 Å². The minimum Gasteiger partial charge on any atom is -0.457 e. The zero-order valence-corrected chi connectivity index (χ0v) is 22.7. The molecule has 0 radical (unpaired) electrons. The standard InChI is InChI=1S/C35H23N5O2/c1-4-19-40-32-20-24(34-17-13-28(41-34)9-5-7-26(22-36)38-2)11-15-30(32)31-16-12-25(21-33(31)40)35-18-14-29(42-35)10-6-8-27(23-37)39-3/h5-18,20-21H,4,19H2,1H3/b9-5+,10-6+,26-7-,27-8+. The largest absolute Gasteiger partial charge is 0.457 e. The molecule has 0 saturated heterocycles. The lowest BCUT2D eigenvalue weighted by molar-refractivity contribution is 0.571. The number of hydrogen-bond donors (Lipinski definition) is 0. The molecule has 0 fully saturated rings. The molecular weight excluding hydrogens is 522 g/mol. The summed E-state index contributed by atoms with van der Waals surface area (Å²) in [6, 6.07) is 23.9. The zero-order chi connectivity index (χ0) is 29.5. The third-order valence-corrected chi connectivity index (χ3v) is 6.64. The first-order valence-corrected chi connectivity index (χ1v) is 13.2. The maximum atomic E-state index is 8.89. The van der Waals surface area contributed by atoms with Crippen molar-refractivity contribution in [1.82, 2.24) is 4.57 Å². The predicted octanol–water partition coefficient (Wildman–Crippen LogP) is 9.40. The summed E-state index contributed by atoms with van der Waals surface area (Å²) in [5.41, 5.74) is 4.14. The van der Waals surface area contributed by atoms with Gasteiger partial charge in [0.25, 0.3) is 11.4 Å². The lowest BCUT2D eigenvalue weighted by Crippen LogP contribution is -1.96. The van der Waals surface area contributed by atoms with E-state index in [1.54, 1.807) is 24.3 Å². The van der Waals surface area contributed by atoms with Crippen LogP contribution in [0, 0.1) is 35.8 Å². The molecule has 0 aliphatic carbocycles. The van der Waals surface area contributed by atoms with Crippen LogP contribution >= 0.6 is 0 Å². The first-order valence-electron chi connectivity index (χ1n) is 13.2. The van der Waals surface area contributed by atoms with Crippen LogP contribution in [0.2, 0.25) is 0 Å². The van der Waals surface area contributed by atoms with E-state index in [0.29, 0.717) is 11.5 Å². The lowest BCUT2D eigenvalue weighted by Gasteiger charge is -2.07. The highest BCUT2D eigenvalue weighted by molar-refractivity contribution is 6.09. The Balaban J connectivity index is 1.49. The lowest BCUT2D eigenvalue weighted by atomic mass is 10.1. The molecule has 0 N–H and O–H groups in total. The molecule has 5 rings (SSSR count). The van der Waals surface area contributed by atoms with Crippen molar-refractivity contribution >= 4 is 34.0 Å². The van der Waals surface area contributed by atoms with Gasteiger partial charge in [-0.1, -0.05) is 43.3 Å². The number of hydrogen-bond acceptors (Lipinski definition) is 4. The first-order chi connectivity index (χ1) is 20.6. The maximum absolute atomic E-state index is 8.89. The number of rotatable bonds is 8. The minimum atomic E-state index is 0.0141. The number of allylic oxidation sites excluding steroid dienone is 6. The number of fused-ring (bicyclic) bond motifs is 3. The predicted molar refractivity (Wildman–Crippen MR) is 164 cm³/mol. The van der Waals surface area contributed by atoms with E-state index >= 15 is 0 Å². The Morgan fingerprint density at radius 1 is 0.762 bits per heavy atom. The highest BCUT2D eigenvalue weighted by atomic mass is 16.3. The smallest absolute Gasteiger partial charge is 0.261 e. The molecular formula is C35H23N5O2. The van der Waals surface area contributed by atoms with E-state index in [0.717, 1.165) is 57.4 Å². The Labute approximate surface area is 243 Å². The molecule has 7 nitrogen and oxygen atoms in total. The number of aryl methyl sites for hydroxylation is 1. The Morgan fingerprint density at radius 2 is 1.24 bits per heavy atom. The van der Waals surface area contributed by atoms with E-state index in [2.05, 4.69) is 57.6 Å². The number of aromatic nitrogens is 1. The van der Waals surface area contributed by atoms with Crippen LogP contribution in [-0.4, -0.2) is 4.57 Å². The van der Waals surface area contributed by atoms with E-state index in [9.17, 15) is 0 Å². The van der Waals surface area contributed by atoms with Crippen molar-refractivity contribution in [2.45, 2.75) is 19.9 Å². The van der Waals surface area contributed by atoms with Crippen LogP contribution in [0.25, 0.3) is 66.3 Å². The van der Waals surface area contributed by atoms with Crippen molar-refractivity contribution in [2.24, 2.45) is 0 Å². The highest BCUT2D eigenvalue weighted by Gasteiger charge is 2.15. The molecule has 3 heterocycles. The average molecular weight is 546 g/mol. The second kappa shape index (κ2) is 12.3. The van der Waals surface area contributed by atoms with Gasteiger partial charge in [0.15, 0.2) is 0 Å². The van der Waals surface area contributed by atoms with Gasteiger partial charge in [-0.25, -0.2) is 20.2 Å². The van der Waals surface area contributed by atoms with Crippen molar-refractivity contribution in [3.05, 3.63) is 131 Å².